The fourth-order valence-electron chi connectivity index (χ4n) is 3.53. The van der Waals surface area contributed by atoms with Crippen molar-refractivity contribution < 1.29 is 18.7 Å². The monoisotopic (exact) mass is 408 g/mol. The van der Waals surface area contributed by atoms with Crippen LogP contribution in [0.5, 0.6) is 0 Å². The van der Waals surface area contributed by atoms with Crippen molar-refractivity contribution in [3.05, 3.63) is 60.5 Å². The molecule has 0 unspecified atom stereocenters. The number of amides is 2. The summed E-state index contributed by atoms with van der Waals surface area (Å²) in [6, 6.07) is 14.8. The van der Waals surface area contributed by atoms with E-state index in [1.54, 1.807) is 34.9 Å². The van der Waals surface area contributed by atoms with Crippen LogP contribution >= 0.6 is 0 Å². The summed E-state index contributed by atoms with van der Waals surface area (Å²) >= 11 is 0. The van der Waals surface area contributed by atoms with E-state index in [-0.39, 0.29) is 18.0 Å². The number of ether oxygens (including phenoxy) is 1. The van der Waals surface area contributed by atoms with Gasteiger partial charge in [0.2, 0.25) is 0 Å². The lowest BCUT2D eigenvalue weighted by atomic mass is 10.1. The molecule has 0 spiro atoms. The Bertz CT molecular complexity index is 990. The Labute approximate surface area is 174 Å². The number of nitrogens with one attached hydrogen (secondary N) is 1. The highest BCUT2D eigenvalue weighted by atomic mass is 16.6. The molecule has 156 valence electrons. The van der Waals surface area contributed by atoms with Gasteiger partial charge in [0, 0.05) is 25.2 Å². The molecule has 0 bridgehead atoms. The molecule has 0 atom stereocenters. The molecule has 0 radical (unpaired) electrons. The van der Waals surface area contributed by atoms with E-state index in [0.29, 0.717) is 49.7 Å². The number of likely N-dealkylation sites (tertiary alicyclic amines) is 1. The lowest BCUT2D eigenvalue weighted by molar-refractivity contribution is 0.0855. The highest BCUT2D eigenvalue weighted by Gasteiger charge is 2.26. The summed E-state index contributed by atoms with van der Waals surface area (Å²) in [6.07, 6.45) is 2.63. The summed E-state index contributed by atoms with van der Waals surface area (Å²) in [5, 5.41) is 7.67. The smallest absolute Gasteiger partial charge is 0.409 e. The van der Waals surface area contributed by atoms with Crippen LogP contribution in [-0.4, -0.2) is 52.4 Å². The van der Waals surface area contributed by atoms with E-state index in [1.807, 2.05) is 36.4 Å². The van der Waals surface area contributed by atoms with E-state index in [4.69, 9.17) is 9.15 Å². The second kappa shape index (κ2) is 8.86. The summed E-state index contributed by atoms with van der Waals surface area (Å²) in [4.78, 5) is 26.6. The number of para-hydroxylation sites is 1. The summed E-state index contributed by atoms with van der Waals surface area (Å²) in [7, 11) is 0. The van der Waals surface area contributed by atoms with E-state index in [2.05, 4.69) is 10.4 Å². The van der Waals surface area contributed by atoms with E-state index in [9.17, 15) is 9.59 Å². The van der Waals surface area contributed by atoms with Crippen molar-refractivity contribution >= 4 is 12.0 Å². The molecule has 30 heavy (non-hydrogen) atoms. The summed E-state index contributed by atoms with van der Waals surface area (Å²) in [6.45, 7) is 3.26. The molecule has 3 heterocycles. The second-order valence-corrected chi connectivity index (χ2v) is 7.07. The van der Waals surface area contributed by atoms with E-state index < -0.39 is 0 Å². The van der Waals surface area contributed by atoms with Gasteiger partial charge < -0.3 is 19.4 Å². The van der Waals surface area contributed by atoms with Crippen LogP contribution < -0.4 is 5.32 Å². The molecule has 0 saturated carbocycles. The molecule has 1 aromatic carbocycles. The molecule has 8 heteroatoms. The van der Waals surface area contributed by atoms with Crippen LogP contribution in [0.1, 0.15) is 30.3 Å². The van der Waals surface area contributed by atoms with Crippen molar-refractivity contribution in [1.82, 2.24) is 20.0 Å². The zero-order chi connectivity index (χ0) is 20.9. The summed E-state index contributed by atoms with van der Waals surface area (Å²) in [5.41, 5.74) is 1.81. The zero-order valence-electron chi connectivity index (χ0n) is 16.8. The van der Waals surface area contributed by atoms with Crippen LogP contribution in [-0.2, 0) is 4.74 Å². The fraction of sp³-hybridized carbons (Fsp3) is 0.318. The molecule has 8 nitrogen and oxygen atoms in total. The van der Waals surface area contributed by atoms with Crippen molar-refractivity contribution in [2.45, 2.75) is 25.8 Å². The van der Waals surface area contributed by atoms with Gasteiger partial charge in [-0.3, -0.25) is 4.79 Å². The van der Waals surface area contributed by atoms with Gasteiger partial charge in [0.05, 0.1) is 18.6 Å². The molecule has 2 amide bonds. The molecule has 1 aliphatic heterocycles. The Morgan fingerprint density at radius 1 is 1.17 bits per heavy atom. The van der Waals surface area contributed by atoms with Crippen molar-refractivity contribution in [1.29, 1.82) is 0 Å². The molecular formula is C22H24N4O4. The normalized spacial score (nSPS) is 14.5. The number of hydrogen-bond donors (Lipinski definition) is 1. The SMILES string of the molecule is CCOC(=O)N1CCC(NC(=O)c2cc(-c3ccco3)nn2-c2ccccc2)CC1. The quantitative estimate of drug-likeness (QED) is 0.698. The standard InChI is InChI=1S/C22H24N4O4/c1-2-29-22(28)25-12-10-16(11-13-25)23-21(27)19-15-18(20-9-6-14-30-20)24-26(19)17-7-4-3-5-8-17/h3-9,14-16H,2,10-13H2,1H3,(H,23,27). The lowest BCUT2D eigenvalue weighted by Crippen LogP contribution is -2.47. The topological polar surface area (TPSA) is 89.6 Å². The maximum Gasteiger partial charge on any atom is 0.409 e. The lowest BCUT2D eigenvalue weighted by Gasteiger charge is -2.31. The molecule has 4 rings (SSSR count). The second-order valence-electron chi connectivity index (χ2n) is 7.07. The van der Waals surface area contributed by atoms with Crippen LogP contribution in [0, 0.1) is 0 Å². The Hall–Kier alpha value is -3.55. The average Bonchev–Trinajstić information content (AvgIpc) is 3.45. The number of furan rings is 1. The summed E-state index contributed by atoms with van der Waals surface area (Å²) < 4.78 is 12.1. The number of nitrogens with zero attached hydrogens (tertiary/aromatic N) is 3. The highest BCUT2D eigenvalue weighted by Crippen LogP contribution is 2.22. The minimum atomic E-state index is -0.299. The van der Waals surface area contributed by atoms with Gasteiger partial charge >= 0.3 is 6.09 Å². The van der Waals surface area contributed by atoms with Crippen LogP contribution in [0.2, 0.25) is 0 Å². The van der Waals surface area contributed by atoms with Crippen LogP contribution in [0.25, 0.3) is 17.1 Å². The van der Waals surface area contributed by atoms with Crippen molar-refractivity contribution in [2.75, 3.05) is 19.7 Å². The van der Waals surface area contributed by atoms with E-state index in [0.717, 1.165) is 5.69 Å². The number of piperidine rings is 1. The van der Waals surface area contributed by atoms with Gasteiger partial charge in [0.25, 0.3) is 5.91 Å². The molecule has 0 aliphatic carbocycles. The highest BCUT2D eigenvalue weighted by molar-refractivity contribution is 5.94. The van der Waals surface area contributed by atoms with Crippen LogP contribution in [0.15, 0.2) is 59.2 Å². The minimum Gasteiger partial charge on any atom is -0.463 e. The van der Waals surface area contributed by atoms with Gasteiger partial charge in [-0.1, -0.05) is 18.2 Å². The maximum atomic E-state index is 13.1. The van der Waals surface area contributed by atoms with Gasteiger partial charge in [0.15, 0.2) is 5.76 Å². The predicted molar refractivity (Wildman–Crippen MR) is 110 cm³/mol. The summed E-state index contributed by atoms with van der Waals surface area (Å²) in [5.74, 6) is 0.389. The van der Waals surface area contributed by atoms with Gasteiger partial charge in [-0.15, -0.1) is 0 Å². The average molecular weight is 408 g/mol. The molecule has 3 aromatic rings. The Morgan fingerprint density at radius 3 is 2.60 bits per heavy atom. The molecule has 1 fully saturated rings. The third kappa shape index (κ3) is 4.22. The van der Waals surface area contributed by atoms with Gasteiger partial charge in [-0.05, 0) is 44.0 Å². The molecule has 1 N–H and O–H groups in total. The first-order chi connectivity index (χ1) is 14.7. The Balaban J connectivity index is 1.50. The van der Waals surface area contributed by atoms with Gasteiger partial charge in [-0.2, -0.15) is 5.10 Å². The van der Waals surface area contributed by atoms with Crippen molar-refractivity contribution in [2.24, 2.45) is 0 Å². The Kier molecular flexibility index (Phi) is 5.83. The molecule has 2 aromatic heterocycles. The molecular weight excluding hydrogens is 384 g/mol. The number of benzene rings is 1. The minimum absolute atomic E-state index is 0.0191. The van der Waals surface area contributed by atoms with E-state index in [1.165, 1.54) is 0 Å². The number of hydrogen-bond acceptors (Lipinski definition) is 5. The van der Waals surface area contributed by atoms with Crippen molar-refractivity contribution in [3.63, 3.8) is 0 Å². The Morgan fingerprint density at radius 2 is 1.93 bits per heavy atom. The molecule has 1 aliphatic rings. The van der Waals surface area contributed by atoms with E-state index >= 15 is 0 Å². The maximum absolute atomic E-state index is 13.1. The largest absolute Gasteiger partial charge is 0.463 e. The predicted octanol–water partition coefficient (Wildman–Crippen LogP) is 3.48. The number of carbonyl (C=O) groups is 2. The third-order valence-corrected chi connectivity index (χ3v) is 5.07. The number of aromatic nitrogens is 2. The number of rotatable bonds is 5. The molecule has 1 saturated heterocycles. The van der Waals surface area contributed by atoms with Gasteiger partial charge in [0.1, 0.15) is 11.4 Å². The first-order valence-corrected chi connectivity index (χ1v) is 10.1. The van der Waals surface area contributed by atoms with Crippen molar-refractivity contribution in [3.8, 4) is 17.1 Å². The van der Waals surface area contributed by atoms with Gasteiger partial charge in [-0.25, -0.2) is 9.48 Å². The fourth-order valence-corrected chi connectivity index (χ4v) is 3.53. The first kappa shape index (κ1) is 19.8. The first-order valence-electron chi connectivity index (χ1n) is 10.1. The van der Waals surface area contributed by atoms with Crippen LogP contribution in [0.3, 0.4) is 0 Å². The third-order valence-electron chi connectivity index (χ3n) is 5.07. The zero-order valence-corrected chi connectivity index (χ0v) is 16.8. The number of carbonyl (C=O) groups excluding carboxylic acids is 2. The van der Waals surface area contributed by atoms with Crippen LogP contribution in [0.4, 0.5) is 4.79 Å².